The molecule has 0 spiro atoms. The Bertz CT molecular complexity index is 1220. The first-order valence-electron chi connectivity index (χ1n) is 13.9. The summed E-state index contributed by atoms with van der Waals surface area (Å²) in [6, 6.07) is 12.1. The van der Waals surface area contributed by atoms with Gasteiger partial charge in [0.05, 0.1) is 13.7 Å². The number of phenolic OH excluding ortho intramolecular Hbond substituents is 1. The molecule has 1 N–H and O–H groups in total. The van der Waals surface area contributed by atoms with E-state index >= 15 is 0 Å². The second-order valence-electron chi connectivity index (χ2n) is 10.5. The SMILES string of the molecule is CCC1CCC(C2=CCN=C2)C(C(CC(=O)CCc2ccc(Oc3cccc(O)c3)c(OC)c2)OC(C)=O)C1. The van der Waals surface area contributed by atoms with Crippen LogP contribution in [0.15, 0.2) is 59.1 Å². The average molecular weight is 534 g/mol. The molecule has 0 aromatic heterocycles. The topological polar surface area (TPSA) is 94.4 Å². The maximum absolute atomic E-state index is 13.2. The summed E-state index contributed by atoms with van der Waals surface area (Å²) in [5, 5.41) is 9.69. The van der Waals surface area contributed by atoms with Crippen LogP contribution in [0.3, 0.4) is 0 Å². The lowest BCUT2D eigenvalue weighted by atomic mass is 9.67. The van der Waals surface area contributed by atoms with E-state index < -0.39 is 6.10 Å². The maximum Gasteiger partial charge on any atom is 0.302 e. The molecule has 1 aliphatic carbocycles. The van der Waals surface area contributed by atoms with Crippen molar-refractivity contribution in [3.05, 3.63) is 59.7 Å². The summed E-state index contributed by atoms with van der Waals surface area (Å²) >= 11 is 0. The Labute approximate surface area is 230 Å². The quantitative estimate of drug-likeness (QED) is 0.314. The largest absolute Gasteiger partial charge is 0.508 e. The Morgan fingerprint density at radius 3 is 2.67 bits per heavy atom. The van der Waals surface area contributed by atoms with Gasteiger partial charge in [-0.15, -0.1) is 0 Å². The number of aryl methyl sites for hydroxylation is 1. The van der Waals surface area contributed by atoms with Crippen LogP contribution in [0.25, 0.3) is 0 Å². The first kappa shape index (κ1) is 28.4. The number of nitrogens with zero attached hydrogens (tertiary/aromatic N) is 1. The maximum atomic E-state index is 13.2. The summed E-state index contributed by atoms with van der Waals surface area (Å²) in [5.41, 5.74) is 2.17. The highest BCUT2D eigenvalue weighted by Crippen LogP contribution is 2.43. The van der Waals surface area contributed by atoms with Crippen molar-refractivity contribution in [2.24, 2.45) is 22.7 Å². The zero-order valence-corrected chi connectivity index (χ0v) is 23.1. The summed E-state index contributed by atoms with van der Waals surface area (Å²) in [5.74, 6) is 2.37. The number of aromatic hydroxyl groups is 1. The molecule has 1 fully saturated rings. The van der Waals surface area contributed by atoms with Crippen molar-refractivity contribution in [1.82, 2.24) is 0 Å². The number of hydrogen-bond acceptors (Lipinski definition) is 7. The molecule has 2 aromatic rings. The highest BCUT2D eigenvalue weighted by molar-refractivity contribution is 5.82. The van der Waals surface area contributed by atoms with Gasteiger partial charge in [0.1, 0.15) is 23.4 Å². The minimum atomic E-state index is -0.433. The summed E-state index contributed by atoms with van der Waals surface area (Å²) in [6.07, 6.45) is 9.01. The second-order valence-corrected chi connectivity index (χ2v) is 10.5. The third-order valence-electron chi connectivity index (χ3n) is 7.88. The smallest absolute Gasteiger partial charge is 0.302 e. The van der Waals surface area contributed by atoms with Crippen molar-refractivity contribution < 1.29 is 28.9 Å². The average Bonchev–Trinajstić information content (AvgIpc) is 3.46. The number of allylic oxidation sites excluding steroid dienone is 1. The van der Waals surface area contributed by atoms with Gasteiger partial charge in [0, 0.05) is 38.0 Å². The molecular formula is C32H39NO6. The van der Waals surface area contributed by atoms with Gasteiger partial charge in [-0.05, 0) is 72.9 Å². The monoisotopic (exact) mass is 533 g/mol. The highest BCUT2D eigenvalue weighted by atomic mass is 16.5. The molecule has 4 unspecified atom stereocenters. The van der Waals surface area contributed by atoms with E-state index in [-0.39, 0.29) is 35.8 Å². The number of ether oxygens (including phenoxy) is 3. The van der Waals surface area contributed by atoms with Gasteiger partial charge in [-0.3, -0.25) is 14.6 Å². The molecule has 7 nitrogen and oxygen atoms in total. The lowest BCUT2D eigenvalue weighted by Crippen LogP contribution is -2.38. The van der Waals surface area contributed by atoms with Crippen LogP contribution >= 0.6 is 0 Å². The number of phenols is 1. The van der Waals surface area contributed by atoms with Crippen molar-refractivity contribution in [2.75, 3.05) is 13.7 Å². The van der Waals surface area contributed by atoms with Crippen molar-refractivity contribution in [2.45, 2.75) is 64.9 Å². The lowest BCUT2D eigenvalue weighted by Gasteiger charge is -2.40. The van der Waals surface area contributed by atoms with E-state index in [4.69, 9.17) is 14.2 Å². The molecule has 39 heavy (non-hydrogen) atoms. The molecule has 0 bridgehead atoms. The molecule has 1 heterocycles. The minimum absolute atomic E-state index is 0.0757. The van der Waals surface area contributed by atoms with Gasteiger partial charge in [0.15, 0.2) is 11.5 Å². The summed E-state index contributed by atoms with van der Waals surface area (Å²) in [4.78, 5) is 29.7. The van der Waals surface area contributed by atoms with E-state index in [0.29, 0.717) is 42.6 Å². The molecule has 2 aliphatic rings. The molecule has 4 atom stereocenters. The number of methoxy groups -OCH3 is 1. The molecule has 0 saturated heterocycles. The molecule has 1 saturated carbocycles. The van der Waals surface area contributed by atoms with Crippen molar-refractivity contribution in [3.63, 3.8) is 0 Å². The predicted octanol–water partition coefficient (Wildman–Crippen LogP) is 6.47. The number of Topliss-reactive ketones (excluding diaryl/α,β-unsaturated/α-hetero) is 1. The van der Waals surface area contributed by atoms with Gasteiger partial charge in [-0.2, -0.15) is 0 Å². The fourth-order valence-electron chi connectivity index (χ4n) is 5.84. The Balaban J connectivity index is 1.42. The molecule has 0 amide bonds. The number of rotatable bonds is 12. The Kier molecular flexibility index (Phi) is 9.79. The molecule has 4 rings (SSSR count). The lowest BCUT2D eigenvalue weighted by molar-refractivity contribution is -0.152. The zero-order chi connectivity index (χ0) is 27.8. The van der Waals surface area contributed by atoms with Gasteiger partial charge in [-0.1, -0.05) is 31.6 Å². The van der Waals surface area contributed by atoms with E-state index in [1.54, 1.807) is 31.4 Å². The number of carbonyl (C=O) groups is 2. The number of benzene rings is 2. The summed E-state index contributed by atoms with van der Waals surface area (Å²) in [6.45, 7) is 4.34. The van der Waals surface area contributed by atoms with Crippen molar-refractivity contribution >= 4 is 18.0 Å². The van der Waals surface area contributed by atoms with Crippen molar-refractivity contribution in [1.29, 1.82) is 0 Å². The van der Waals surface area contributed by atoms with Gasteiger partial charge < -0.3 is 19.3 Å². The van der Waals surface area contributed by atoms with Crippen LogP contribution in [0.1, 0.15) is 57.9 Å². The molecule has 208 valence electrons. The van der Waals surface area contributed by atoms with Crippen LogP contribution in [-0.2, 0) is 20.7 Å². The number of carbonyl (C=O) groups excluding carboxylic acids is 2. The number of hydrogen-bond donors (Lipinski definition) is 1. The molecule has 1 aliphatic heterocycles. The van der Waals surface area contributed by atoms with Crippen molar-refractivity contribution in [3.8, 4) is 23.0 Å². The fraction of sp³-hybridized carbons (Fsp3) is 0.469. The molecule has 2 aromatic carbocycles. The predicted molar refractivity (Wildman–Crippen MR) is 151 cm³/mol. The minimum Gasteiger partial charge on any atom is -0.508 e. The van der Waals surface area contributed by atoms with Crippen LogP contribution in [0.2, 0.25) is 0 Å². The third kappa shape index (κ3) is 7.71. The van der Waals surface area contributed by atoms with Crippen LogP contribution in [0, 0.1) is 17.8 Å². The zero-order valence-electron chi connectivity index (χ0n) is 23.1. The van der Waals surface area contributed by atoms with Gasteiger partial charge >= 0.3 is 5.97 Å². The summed E-state index contributed by atoms with van der Waals surface area (Å²) in [7, 11) is 1.57. The molecule has 7 heteroatoms. The Hall–Kier alpha value is -3.61. The first-order valence-corrected chi connectivity index (χ1v) is 13.9. The van der Waals surface area contributed by atoms with Crippen LogP contribution < -0.4 is 9.47 Å². The Morgan fingerprint density at radius 2 is 1.97 bits per heavy atom. The van der Waals surface area contributed by atoms with E-state index in [2.05, 4.69) is 18.0 Å². The van der Waals surface area contributed by atoms with Gasteiger partial charge in [0.25, 0.3) is 0 Å². The van der Waals surface area contributed by atoms with E-state index in [9.17, 15) is 14.7 Å². The Morgan fingerprint density at radius 1 is 1.13 bits per heavy atom. The van der Waals surface area contributed by atoms with E-state index in [1.165, 1.54) is 18.6 Å². The van der Waals surface area contributed by atoms with Gasteiger partial charge in [0.2, 0.25) is 0 Å². The standard InChI is InChI=1S/C32H39NO6/c1-4-22-9-12-28(24-14-15-33-20-24)29(16-22)31(38-21(2)34)19-26(36)11-8-23-10-13-30(32(17-23)37-3)39-27-7-5-6-25(35)18-27/h5-7,10,13-14,17-18,20,22,28-29,31,35H,4,8-9,11-12,15-16,19H2,1-3H3. The first-order chi connectivity index (χ1) is 18.9. The fourth-order valence-corrected chi connectivity index (χ4v) is 5.84. The number of esters is 1. The van der Waals surface area contributed by atoms with E-state index in [0.717, 1.165) is 31.2 Å². The molecular weight excluding hydrogens is 494 g/mol. The second kappa shape index (κ2) is 13.5. The third-order valence-corrected chi connectivity index (χ3v) is 7.88. The van der Waals surface area contributed by atoms with E-state index in [1.807, 2.05) is 18.3 Å². The summed E-state index contributed by atoms with van der Waals surface area (Å²) < 4.78 is 17.2. The number of aliphatic imine (C=N–C) groups is 1. The van der Waals surface area contributed by atoms with Crippen LogP contribution in [0.5, 0.6) is 23.0 Å². The normalized spacial score (nSPS) is 21.2. The van der Waals surface area contributed by atoms with Gasteiger partial charge in [-0.25, -0.2) is 0 Å². The van der Waals surface area contributed by atoms with Crippen LogP contribution in [-0.4, -0.2) is 42.8 Å². The number of ketones is 1. The van der Waals surface area contributed by atoms with Crippen LogP contribution in [0.4, 0.5) is 0 Å². The molecule has 0 radical (unpaired) electrons. The highest BCUT2D eigenvalue weighted by Gasteiger charge is 2.39.